The van der Waals surface area contributed by atoms with Gasteiger partial charge in [0.25, 0.3) is 5.56 Å². The number of nitrogens with zero attached hydrogens (tertiary/aromatic N) is 4. The van der Waals surface area contributed by atoms with E-state index in [2.05, 4.69) is 119 Å². The molecule has 0 saturated heterocycles. The molecule has 0 spiro atoms. The van der Waals surface area contributed by atoms with Gasteiger partial charge in [-0.25, -0.2) is 9.78 Å². The minimum Gasteiger partial charge on any atom is -0.328 e. The molecule has 6 heteroatoms. The van der Waals surface area contributed by atoms with Gasteiger partial charge in [0, 0.05) is 14.1 Å². The summed E-state index contributed by atoms with van der Waals surface area (Å²) in [5.74, 6) is 0. The molecule has 0 unspecified atom stereocenters. The van der Waals surface area contributed by atoms with E-state index < -0.39 is 5.54 Å². The van der Waals surface area contributed by atoms with Gasteiger partial charge in [-0.05, 0) is 52.2 Å². The average Bonchev–Trinajstić information content (AvgIpc) is 3.38. The van der Waals surface area contributed by atoms with Crippen molar-refractivity contribution in [2.75, 3.05) is 0 Å². The molecule has 0 bridgehead atoms. The molecule has 0 amide bonds. The Kier molecular flexibility index (Phi) is 8.08. The van der Waals surface area contributed by atoms with Crippen LogP contribution in [0.15, 0.2) is 107 Å². The third kappa shape index (κ3) is 5.70. The standard InChI is InChI=1S/C38H46N4O2/c1-35(2,28-18-12-9-13-19-28)24-38(25-36(3,4)29-20-14-10-15-21-29,26-37(5,6)30-22-16-11-17-23-30)42-33(43)31-32(39-27-40(31)7)41(8)34(42)44/h9-23,27H,24-26H2,1-8H3. The van der Waals surface area contributed by atoms with E-state index in [1.165, 1.54) is 16.7 Å². The van der Waals surface area contributed by atoms with E-state index in [1.807, 2.05) is 25.2 Å². The number of aromatic nitrogens is 4. The Morgan fingerprint density at radius 3 is 1.32 bits per heavy atom. The van der Waals surface area contributed by atoms with Crippen LogP contribution in [-0.2, 0) is 35.9 Å². The fourth-order valence-corrected chi connectivity index (χ4v) is 7.63. The lowest BCUT2D eigenvalue weighted by atomic mass is 9.61. The number of benzene rings is 3. The molecule has 3 aromatic carbocycles. The van der Waals surface area contributed by atoms with E-state index in [4.69, 9.17) is 0 Å². The average molecular weight is 591 g/mol. The fraction of sp³-hybridized carbons (Fsp3) is 0.395. The molecule has 6 nitrogen and oxygen atoms in total. The lowest BCUT2D eigenvalue weighted by molar-refractivity contribution is 0.104. The lowest BCUT2D eigenvalue weighted by Gasteiger charge is -2.49. The quantitative estimate of drug-likeness (QED) is 0.172. The topological polar surface area (TPSA) is 61.8 Å². The van der Waals surface area contributed by atoms with Gasteiger partial charge in [0.1, 0.15) is 0 Å². The number of fused-ring (bicyclic) bond motifs is 1. The molecule has 0 N–H and O–H groups in total. The third-order valence-electron chi connectivity index (χ3n) is 9.57. The van der Waals surface area contributed by atoms with E-state index in [9.17, 15) is 9.59 Å². The Morgan fingerprint density at radius 2 is 0.955 bits per heavy atom. The molecule has 0 aliphatic rings. The van der Waals surface area contributed by atoms with Gasteiger partial charge in [0.05, 0.1) is 11.9 Å². The second-order valence-electron chi connectivity index (χ2n) is 14.5. The first-order valence-corrected chi connectivity index (χ1v) is 15.5. The summed E-state index contributed by atoms with van der Waals surface area (Å²) < 4.78 is 4.90. The number of aryl methyl sites for hydroxylation is 2. The molecule has 0 aliphatic carbocycles. The maximum atomic E-state index is 14.8. The number of hydrogen-bond donors (Lipinski definition) is 0. The van der Waals surface area contributed by atoms with Crippen LogP contribution < -0.4 is 11.2 Å². The van der Waals surface area contributed by atoms with Crippen LogP contribution >= 0.6 is 0 Å². The van der Waals surface area contributed by atoms with Gasteiger partial charge >= 0.3 is 5.69 Å². The number of hydrogen-bond acceptors (Lipinski definition) is 3. The van der Waals surface area contributed by atoms with Crippen molar-refractivity contribution in [2.24, 2.45) is 14.1 Å². The summed E-state index contributed by atoms with van der Waals surface area (Å²) in [5.41, 5.74) is 1.73. The van der Waals surface area contributed by atoms with Gasteiger partial charge in [-0.15, -0.1) is 0 Å². The summed E-state index contributed by atoms with van der Waals surface area (Å²) in [6.07, 6.45) is 3.35. The largest absolute Gasteiger partial charge is 0.333 e. The van der Waals surface area contributed by atoms with E-state index in [-0.39, 0.29) is 27.5 Å². The molecule has 5 aromatic rings. The molecule has 0 saturated carbocycles. The van der Waals surface area contributed by atoms with Crippen LogP contribution in [0.4, 0.5) is 0 Å². The highest BCUT2D eigenvalue weighted by molar-refractivity contribution is 5.69. The molecular formula is C38H46N4O2. The summed E-state index contributed by atoms with van der Waals surface area (Å²) in [6, 6.07) is 31.4. The normalized spacial score (nSPS) is 13.0. The highest BCUT2D eigenvalue weighted by Gasteiger charge is 2.48. The summed E-state index contributed by atoms with van der Waals surface area (Å²) in [4.78, 5) is 33.8. The zero-order chi connectivity index (χ0) is 31.9. The van der Waals surface area contributed by atoms with Gasteiger partial charge in [0.2, 0.25) is 0 Å². The van der Waals surface area contributed by atoms with Gasteiger partial charge < -0.3 is 4.57 Å². The SMILES string of the molecule is Cn1cnc2c1c(=O)n(C(CC(C)(C)c1ccccc1)(CC(C)(C)c1ccccc1)CC(C)(C)c1ccccc1)c(=O)n2C. The zero-order valence-corrected chi connectivity index (χ0v) is 27.5. The Bertz CT molecular complexity index is 1730. The van der Waals surface area contributed by atoms with Crippen LogP contribution in [0.2, 0.25) is 0 Å². The Balaban J connectivity index is 1.87. The molecule has 2 aromatic heterocycles. The van der Waals surface area contributed by atoms with Crippen LogP contribution in [0.5, 0.6) is 0 Å². The highest BCUT2D eigenvalue weighted by atomic mass is 16.2. The summed E-state index contributed by atoms with van der Waals surface area (Å²) in [7, 11) is 3.55. The molecule has 0 radical (unpaired) electrons. The van der Waals surface area contributed by atoms with E-state index >= 15 is 0 Å². The smallest absolute Gasteiger partial charge is 0.328 e. The van der Waals surface area contributed by atoms with Gasteiger partial charge in [-0.1, -0.05) is 133 Å². The van der Waals surface area contributed by atoms with Crippen molar-refractivity contribution in [3.05, 3.63) is 135 Å². The molecule has 2 heterocycles. The molecule has 0 fully saturated rings. The highest BCUT2D eigenvalue weighted by Crippen LogP contribution is 2.49. The maximum absolute atomic E-state index is 14.8. The van der Waals surface area contributed by atoms with Crippen molar-refractivity contribution < 1.29 is 0 Å². The van der Waals surface area contributed by atoms with Crippen molar-refractivity contribution in [2.45, 2.75) is 82.6 Å². The summed E-state index contributed by atoms with van der Waals surface area (Å²) in [6.45, 7) is 13.4. The fourth-order valence-electron chi connectivity index (χ4n) is 7.63. The van der Waals surface area contributed by atoms with E-state index in [0.29, 0.717) is 30.4 Å². The van der Waals surface area contributed by atoms with Crippen molar-refractivity contribution in [1.29, 1.82) is 0 Å². The van der Waals surface area contributed by atoms with Crippen molar-refractivity contribution in [1.82, 2.24) is 18.7 Å². The van der Waals surface area contributed by atoms with E-state index in [0.717, 1.165) is 0 Å². The molecule has 5 rings (SSSR count). The Labute approximate surface area is 261 Å². The van der Waals surface area contributed by atoms with Gasteiger partial charge in [-0.3, -0.25) is 13.9 Å². The third-order valence-corrected chi connectivity index (χ3v) is 9.57. The van der Waals surface area contributed by atoms with Crippen LogP contribution in [0.25, 0.3) is 11.2 Å². The molecule has 44 heavy (non-hydrogen) atoms. The first-order chi connectivity index (χ1) is 20.7. The molecular weight excluding hydrogens is 544 g/mol. The molecule has 0 atom stereocenters. The lowest BCUT2D eigenvalue weighted by Crippen LogP contribution is -2.57. The van der Waals surface area contributed by atoms with Gasteiger partial charge in [0.15, 0.2) is 11.2 Å². The molecule has 230 valence electrons. The number of rotatable bonds is 10. The summed E-state index contributed by atoms with van der Waals surface area (Å²) in [5, 5.41) is 0. The van der Waals surface area contributed by atoms with Crippen LogP contribution in [0, 0.1) is 0 Å². The minimum absolute atomic E-state index is 0.292. The second-order valence-corrected chi connectivity index (χ2v) is 14.5. The van der Waals surface area contributed by atoms with Crippen LogP contribution in [-0.4, -0.2) is 18.7 Å². The zero-order valence-electron chi connectivity index (χ0n) is 27.5. The predicted molar refractivity (Wildman–Crippen MR) is 180 cm³/mol. The van der Waals surface area contributed by atoms with Crippen LogP contribution in [0.3, 0.4) is 0 Å². The first-order valence-electron chi connectivity index (χ1n) is 15.5. The predicted octanol–water partition coefficient (Wildman–Crippen LogP) is 7.23. The minimum atomic E-state index is -0.886. The monoisotopic (exact) mass is 590 g/mol. The van der Waals surface area contributed by atoms with Crippen molar-refractivity contribution >= 4 is 11.2 Å². The van der Waals surface area contributed by atoms with Gasteiger partial charge in [-0.2, -0.15) is 0 Å². The van der Waals surface area contributed by atoms with Crippen LogP contribution in [0.1, 0.15) is 77.5 Å². The number of imidazole rings is 1. The first kappa shape index (κ1) is 31.2. The molecule has 0 aliphatic heterocycles. The van der Waals surface area contributed by atoms with Crippen molar-refractivity contribution in [3.8, 4) is 0 Å². The Hall–Kier alpha value is -4.19. The Morgan fingerprint density at radius 1 is 0.591 bits per heavy atom. The maximum Gasteiger partial charge on any atom is 0.333 e. The summed E-state index contributed by atoms with van der Waals surface area (Å²) >= 11 is 0. The van der Waals surface area contributed by atoms with E-state index in [1.54, 1.807) is 27.1 Å². The van der Waals surface area contributed by atoms with Crippen molar-refractivity contribution in [3.63, 3.8) is 0 Å². The second kappa shape index (κ2) is 11.4.